The third-order valence-corrected chi connectivity index (χ3v) is 8.82. The molecule has 0 radical (unpaired) electrons. The molecule has 0 fully saturated rings. The lowest BCUT2D eigenvalue weighted by Gasteiger charge is -2.23. The van der Waals surface area contributed by atoms with Crippen LogP contribution in [0.15, 0.2) is 53.1 Å². The Morgan fingerprint density at radius 2 is 1.32 bits per heavy atom. The minimum absolute atomic E-state index is 0.0499. The van der Waals surface area contributed by atoms with Gasteiger partial charge < -0.3 is 44.3 Å². The number of alkyl carbamates (subject to hydrolysis) is 2. The van der Waals surface area contributed by atoms with Crippen LogP contribution in [0.25, 0.3) is 11.1 Å². The van der Waals surface area contributed by atoms with Crippen molar-refractivity contribution in [1.82, 2.24) is 15.6 Å². The second-order valence-electron chi connectivity index (χ2n) is 18.9. The number of rotatable bonds is 18. The Bertz CT molecular complexity index is 2200. The second kappa shape index (κ2) is 23.1. The summed E-state index contributed by atoms with van der Waals surface area (Å²) in [6.07, 6.45) is -0.481. The fraction of sp³-hybridized carbons (Fsp3) is 0.533. The van der Waals surface area contributed by atoms with Crippen LogP contribution in [0.2, 0.25) is 0 Å². The summed E-state index contributed by atoms with van der Waals surface area (Å²) >= 11 is 0.932. The van der Waals surface area contributed by atoms with Gasteiger partial charge in [0.1, 0.15) is 46.5 Å². The summed E-state index contributed by atoms with van der Waals surface area (Å²) in [5.41, 5.74) is -2.34. The fourth-order valence-electron chi connectivity index (χ4n) is 5.39. The van der Waals surface area contributed by atoms with Crippen LogP contribution in [0.4, 0.5) is 25.3 Å². The standard InChI is InChI=1S/C45H63N7O13S/c1-42(2,3)61-37(56)32(65-51-34(36(54)55)31-26-66-38(47-31)50-41(59)64-45(10,11)12)25-60-29-20-17-27(18-21-29)28-19-22-33(52(13)24-28)49-35(53)30(48-40(58)63-44(7,8)9)16-14-15-23-46-39(57)62-43(4,5)6/h17-22,24,26,30,32H,14-16,23,25H2,1-13H3,(H4,46,47,48,50,54,55,57,58,59)/p+1. The van der Waals surface area contributed by atoms with Gasteiger partial charge in [0.25, 0.3) is 11.9 Å². The topological polar surface area (TPSA) is 255 Å². The highest BCUT2D eigenvalue weighted by atomic mass is 32.1. The third kappa shape index (κ3) is 20.1. The van der Waals surface area contributed by atoms with Crippen molar-refractivity contribution in [3.63, 3.8) is 0 Å². The van der Waals surface area contributed by atoms with Gasteiger partial charge in [-0.15, -0.1) is 11.3 Å². The molecule has 0 spiro atoms. The molecule has 4 amide bonds. The van der Waals surface area contributed by atoms with E-state index in [9.17, 15) is 33.9 Å². The van der Waals surface area contributed by atoms with Gasteiger partial charge in [-0.05, 0) is 126 Å². The van der Waals surface area contributed by atoms with E-state index in [1.807, 2.05) is 0 Å². The molecular formula is C45H64N7O13S+. The number of oxime groups is 1. The van der Waals surface area contributed by atoms with Crippen LogP contribution >= 0.6 is 11.3 Å². The highest BCUT2D eigenvalue weighted by Gasteiger charge is 2.31. The number of anilines is 2. The fourth-order valence-corrected chi connectivity index (χ4v) is 6.07. The number of hydrogen-bond donors (Lipinski definition) is 5. The molecule has 0 aliphatic rings. The zero-order chi connectivity index (χ0) is 49.6. The summed E-state index contributed by atoms with van der Waals surface area (Å²) < 4.78 is 29.0. The molecule has 3 aromatic rings. The number of aryl methyl sites for hydroxylation is 1. The molecular weight excluding hydrogens is 879 g/mol. The summed E-state index contributed by atoms with van der Waals surface area (Å²) in [7, 11) is 1.75. The number of nitrogens with zero attached hydrogens (tertiary/aromatic N) is 3. The molecule has 20 nitrogen and oxygen atoms in total. The van der Waals surface area contributed by atoms with Crippen LogP contribution in [0.1, 0.15) is 108 Å². The van der Waals surface area contributed by atoms with Gasteiger partial charge >= 0.3 is 36.1 Å². The molecule has 2 aromatic heterocycles. The van der Waals surface area contributed by atoms with Crippen molar-refractivity contribution in [3.05, 3.63) is 53.7 Å². The third-order valence-electron chi connectivity index (χ3n) is 8.07. The predicted molar refractivity (Wildman–Crippen MR) is 245 cm³/mol. The number of aromatic nitrogens is 2. The summed E-state index contributed by atoms with van der Waals surface area (Å²) in [6, 6.07) is 9.44. The molecule has 1 aromatic carbocycles. The van der Waals surface area contributed by atoms with E-state index in [2.05, 4.69) is 31.4 Å². The molecule has 362 valence electrons. The first-order chi connectivity index (χ1) is 30.5. The average Bonchev–Trinajstić information content (AvgIpc) is 3.60. The van der Waals surface area contributed by atoms with Crippen molar-refractivity contribution in [1.29, 1.82) is 0 Å². The van der Waals surface area contributed by atoms with E-state index in [4.69, 9.17) is 28.5 Å². The first kappa shape index (κ1) is 53.8. The highest BCUT2D eigenvalue weighted by Crippen LogP contribution is 2.24. The predicted octanol–water partition coefficient (Wildman–Crippen LogP) is 7.10. The maximum atomic E-state index is 13.6. The number of hydrogen-bond acceptors (Lipinski definition) is 15. The summed E-state index contributed by atoms with van der Waals surface area (Å²) in [5.74, 6) is -2.05. The van der Waals surface area contributed by atoms with Crippen LogP contribution in [-0.2, 0) is 45.2 Å². The summed E-state index contributed by atoms with van der Waals surface area (Å²) in [4.78, 5) is 85.3. The Kier molecular flexibility index (Phi) is 18.8. The number of carboxylic acids is 1. The zero-order valence-electron chi connectivity index (χ0n) is 39.9. The van der Waals surface area contributed by atoms with Gasteiger partial charge in [-0.1, -0.05) is 17.3 Å². The number of thiazole rings is 1. The SMILES string of the molecule is C[n+]1cc(-c2ccc(OCC(ON=C(C(=O)O)c3csc(NC(=O)OC(C)(C)C)n3)C(=O)OC(C)(C)C)cc2)ccc1NC(=O)C(CCCCNC(=O)OC(C)(C)C)NC(=O)OC(C)(C)C. The maximum Gasteiger partial charge on any atom is 0.413 e. The normalized spacial score (nSPS) is 13.0. The second-order valence-corrected chi connectivity index (χ2v) is 19.8. The number of carbonyl (C=O) groups is 6. The van der Waals surface area contributed by atoms with Crippen molar-refractivity contribution < 1.29 is 67.0 Å². The van der Waals surface area contributed by atoms with E-state index in [1.165, 1.54) is 5.38 Å². The van der Waals surface area contributed by atoms with Crippen LogP contribution in [0.5, 0.6) is 5.75 Å². The molecule has 0 aliphatic heterocycles. The number of unbranched alkanes of at least 4 members (excludes halogenated alkanes) is 1. The highest BCUT2D eigenvalue weighted by molar-refractivity contribution is 7.14. The maximum absolute atomic E-state index is 13.6. The van der Waals surface area contributed by atoms with E-state index in [0.29, 0.717) is 31.0 Å². The zero-order valence-corrected chi connectivity index (χ0v) is 40.7. The van der Waals surface area contributed by atoms with Gasteiger partial charge in [-0.3, -0.25) is 5.32 Å². The Labute approximate surface area is 389 Å². The molecule has 5 N–H and O–H groups in total. The summed E-state index contributed by atoms with van der Waals surface area (Å²) in [6.45, 7) is 20.4. The van der Waals surface area contributed by atoms with Crippen LogP contribution in [0, 0.1) is 0 Å². The number of carboxylic acid groups (broad SMARTS) is 1. The Balaban J connectivity index is 1.71. The number of aliphatic carboxylic acids is 1. The van der Waals surface area contributed by atoms with E-state index in [0.717, 1.165) is 22.5 Å². The monoisotopic (exact) mass is 942 g/mol. The number of pyridine rings is 1. The number of amides is 4. The Morgan fingerprint density at radius 1 is 0.742 bits per heavy atom. The quantitative estimate of drug-likeness (QED) is 0.0213. The first-order valence-electron chi connectivity index (χ1n) is 21.1. The van der Waals surface area contributed by atoms with Crippen LogP contribution < -0.4 is 30.6 Å². The molecule has 0 aliphatic carbocycles. The van der Waals surface area contributed by atoms with Gasteiger partial charge in [0.2, 0.25) is 5.71 Å². The molecule has 0 saturated heterocycles. The van der Waals surface area contributed by atoms with E-state index in [1.54, 1.807) is 137 Å². The van der Waals surface area contributed by atoms with Gasteiger partial charge in [-0.2, -0.15) is 0 Å². The van der Waals surface area contributed by atoms with Gasteiger partial charge in [0.05, 0.1) is 13.2 Å². The van der Waals surface area contributed by atoms with E-state index >= 15 is 0 Å². The lowest BCUT2D eigenvalue weighted by Crippen LogP contribution is -2.47. The molecule has 2 unspecified atom stereocenters. The van der Waals surface area contributed by atoms with E-state index < -0.39 is 83.0 Å². The number of ether oxygens (including phenoxy) is 5. The van der Waals surface area contributed by atoms with Gasteiger partial charge in [0, 0.05) is 23.6 Å². The van der Waals surface area contributed by atoms with Crippen LogP contribution in [-0.4, -0.2) is 99.6 Å². The van der Waals surface area contributed by atoms with Crippen molar-refractivity contribution in [2.45, 2.75) is 137 Å². The van der Waals surface area contributed by atoms with Crippen molar-refractivity contribution in [3.8, 4) is 16.9 Å². The molecule has 21 heteroatoms. The van der Waals surface area contributed by atoms with Gasteiger partial charge in [0.15, 0.2) is 5.13 Å². The number of nitrogens with one attached hydrogen (secondary N) is 4. The molecule has 2 heterocycles. The van der Waals surface area contributed by atoms with E-state index in [-0.39, 0.29) is 17.2 Å². The lowest BCUT2D eigenvalue weighted by atomic mass is 10.1. The Morgan fingerprint density at radius 3 is 1.89 bits per heavy atom. The molecule has 0 saturated carbocycles. The number of carbonyl (C=O) groups excluding carboxylic acids is 5. The van der Waals surface area contributed by atoms with Crippen LogP contribution in [0.3, 0.4) is 0 Å². The first-order valence-corrected chi connectivity index (χ1v) is 22.0. The lowest BCUT2D eigenvalue weighted by molar-refractivity contribution is -0.656. The van der Waals surface area contributed by atoms with Gasteiger partial charge in [-0.25, -0.2) is 43.6 Å². The average molecular weight is 943 g/mol. The minimum Gasteiger partial charge on any atom is -0.489 e. The number of esters is 1. The van der Waals surface area contributed by atoms with Crippen molar-refractivity contribution >= 4 is 64.1 Å². The molecule has 3 rings (SSSR count). The van der Waals surface area contributed by atoms with Crippen molar-refractivity contribution in [2.24, 2.45) is 12.2 Å². The number of benzene rings is 1. The summed E-state index contributed by atoms with van der Waals surface area (Å²) in [5, 5.41) is 25.7. The van der Waals surface area contributed by atoms with Crippen molar-refractivity contribution in [2.75, 3.05) is 23.8 Å². The molecule has 66 heavy (non-hydrogen) atoms. The minimum atomic E-state index is -1.51. The molecule has 0 bridgehead atoms. The molecule has 2 atom stereocenters. The largest absolute Gasteiger partial charge is 0.489 e. The Hall–Kier alpha value is -6.51. The smallest absolute Gasteiger partial charge is 0.413 e.